The molecule has 0 aliphatic heterocycles. The maximum absolute atomic E-state index is 12.7. The van der Waals surface area contributed by atoms with Crippen molar-refractivity contribution in [2.45, 2.75) is 19.1 Å². The molecule has 0 saturated heterocycles. The summed E-state index contributed by atoms with van der Waals surface area (Å²) >= 11 is 0. The zero-order valence-corrected chi connectivity index (χ0v) is 11.7. The highest BCUT2D eigenvalue weighted by atomic mass is 19.4. The molecule has 0 fully saturated rings. The minimum absolute atomic E-state index is 0.0435. The third-order valence-corrected chi connectivity index (χ3v) is 3.09. The number of hydrogen-bond acceptors (Lipinski definition) is 5. The van der Waals surface area contributed by atoms with E-state index in [0.717, 1.165) is 12.0 Å². The number of aryl methyl sites for hydroxylation is 1. The third kappa shape index (κ3) is 2.59. The van der Waals surface area contributed by atoms with Crippen LogP contribution in [-0.4, -0.2) is 29.7 Å². The summed E-state index contributed by atoms with van der Waals surface area (Å²) in [6.45, 7) is 1.83. The summed E-state index contributed by atoms with van der Waals surface area (Å²) in [7, 11) is 1.78. The van der Waals surface area contributed by atoms with Crippen molar-refractivity contribution < 1.29 is 13.2 Å². The third-order valence-electron chi connectivity index (χ3n) is 3.09. The summed E-state index contributed by atoms with van der Waals surface area (Å²) in [5.41, 5.74) is 0.806. The van der Waals surface area contributed by atoms with Crippen LogP contribution in [0, 0.1) is 0 Å². The van der Waals surface area contributed by atoms with Gasteiger partial charge in [-0.15, -0.1) is 0 Å². The molecule has 0 spiro atoms. The SMILES string of the molecule is CC(Nc1ncnc2nc(C(F)(F)F)[nH]c12)c1ccn(C)n1. The van der Waals surface area contributed by atoms with Gasteiger partial charge in [-0.2, -0.15) is 18.3 Å². The molecule has 0 bridgehead atoms. The first-order valence-electron chi connectivity index (χ1n) is 6.38. The van der Waals surface area contributed by atoms with Crippen molar-refractivity contribution in [1.82, 2.24) is 29.7 Å². The van der Waals surface area contributed by atoms with Crippen molar-refractivity contribution in [1.29, 1.82) is 0 Å². The molecule has 22 heavy (non-hydrogen) atoms. The predicted molar refractivity (Wildman–Crippen MR) is 71.9 cm³/mol. The average molecular weight is 311 g/mol. The van der Waals surface area contributed by atoms with Crippen molar-refractivity contribution in [3.8, 4) is 0 Å². The molecule has 3 heterocycles. The van der Waals surface area contributed by atoms with Crippen LogP contribution in [0.3, 0.4) is 0 Å². The summed E-state index contributed by atoms with van der Waals surface area (Å²) in [6, 6.07) is 1.57. The molecule has 3 aromatic rings. The van der Waals surface area contributed by atoms with Gasteiger partial charge in [-0.1, -0.05) is 0 Å². The summed E-state index contributed by atoms with van der Waals surface area (Å²) in [5.74, 6) is -0.859. The van der Waals surface area contributed by atoms with Crippen molar-refractivity contribution in [3.63, 3.8) is 0 Å². The lowest BCUT2D eigenvalue weighted by Gasteiger charge is -2.12. The Morgan fingerprint density at radius 3 is 2.73 bits per heavy atom. The van der Waals surface area contributed by atoms with E-state index in [1.165, 1.54) is 0 Å². The van der Waals surface area contributed by atoms with E-state index in [1.54, 1.807) is 17.9 Å². The molecule has 7 nitrogen and oxygen atoms in total. The van der Waals surface area contributed by atoms with Crippen molar-refractivity contribution in [2.75, 3.05) is 5.32 Å². The number of anilines is 1. The molecule has 0 amide bonds. The van der Waals surface area contributed by atoms with Crippen LogP contribution >= 0.6 is 0 Å². The van der Waals surface area contributed by atoms with Crippen LogP contribution in [0.15, 0.2) is 18.6 Å². The van der Waals surface area contributed by atoms with Crippen molar-refractivity contribution in [3.05, 3.63) is 30.1 Å². The van der Waals surface area contributed by atoms with Gasteiger partial charge in [0.2, 0.25) is 5.82 Å². The second kappa shape index (κ2) is 4.97. The predicted octanol–water partition coefficient (Wildman–Crippen LogP) is 2.28. The lowest BCUT2D eigenvalue weighted by molar-refractivity contribution is -0.144. The van der Waals surface area contributed by atoms with Crippen LogP contribution in [0.5, 0.6) is 0 Å². The smallest absolute Gasteiger partial charge is 0.360 e. The van der Waals surface area contributed by atoms with Gasteiger partial charge < -0.3 is 10.3 Å². The topological polar surface area (TPSA) is 84.3 Å². The second-order valence-corrected chi connectivity index (χ2v) is 4.78. The Labute approximate surface area is 122 Å². The van der Waals surface area contributed by atoms with Gasteiger partial charge in [0.25, 0.3) is 0 Å². The van der Waals surface area contributed by atoms with Crippen LogP contribution in [0.1, 0.15) is 24.5 Å². The molecule has 3 rings (SSSR count). The number of hydrogen-bond donors (Lipinski definition) is 2. The molecule has 0 aromatic carbocycles. The first kappa shape index (κ1) is 14.3. The van der Waals surface area contributed by atoms with Crippen LogP contribution in [0.25, 0.3) is 11.2 Å². The molecule has 0 aliphatic rings. The summed E-state index contributed by atoms with van der Waals surface area (Å²) in [5, 5.41) is 7.25. The molecule has 10 heteroatoms. The lowest BCUT2D eigenvalue weighted by Crippen LogP contribution is -2.10. The standard InChI is InChI=1S/C12H12F3N7/c1-6(7-3-4-22(2)21-7)18-9-8-10(17-5-16-9)20-11(19-8)12(13,14)15/h3-6H,1-2H3,(H2,16,17,18,19,20). The van der Waals surface area contributed by atoms with Gasteiger partial charge in [0, 0.05) is 13.2 Å². The summed E-state index contributed by atoms with van der Waals surface area (Å²) < 4.78 is 39.8. The van der Waals surface area contributed by atoms with Crippen molar-refractivity contribution in [2.24, 2.45) is 7.05 Å². The number of aromatic amines is 1. The molecule has 116 valence electrons. The number of imidazole rings is 1. The fourth-order valence-corrected chi connectivity index (χ4v) is 2.02. The Bertz CT molecular complexity index is 805. The van der Waals surface area contributed by atoms with E-state index in [2.05, 4.69) is 30.4 Å². The highest BCUT2D eigenvalue weighted by Gasteiger charge is 2.35. The first-order chi connectivity index (χ1) is 10.3. The molecule has 3 aromatic heterocycles. The van der Waals surface area contributed by atoms with E-state index in [4.69, 9.17) is 0 Å². The maximum Gasteiger partial charge on any atom is 0.449 e. The Morgan fingerprint density at radius 2 is 2.09 bits per heavy atom. The Kier molecular flexibility index (Phi) is 3.23. The fraction of sp³-hybridized carbons (Fsp3) is 0.333. The van der Waals surface area contributed by atoms with Crippen LogP contribution < -0.4 is 5.32 Å². The molecule has 0 radical (unpaired) electrons. The van der Waals surface area contributed by atoms with E-state index in [1.807, 2.05) is 13.0 Å². The van der Waals surface area contributed by atoms with Crippen LogP contribution in [-0.2, 0) is 13.2 Å². The normalized spacial score (nSPS) is 13.5. The fourth-order valence-electron chi connectivity index (χ4n) is 2.02. The highest BCUT2D eigenvalue weighted by Crippen LogP contribution is 2.30. The number of rotatable bonds is 3. The van der Waals surface area contributed by atoms with Crippen LogP contribution in [0.4, 0.5) is 19.0 Å². The quantitative estimate of drug-likeness (QED) is 0.775. The van der Waals surface area contributed by atoms with E-state index >= 15 is 0 Å². The minimum Gasteiger partial charge on any atom is -0.360 e. The first-order valence-corrected chi connectivity index (χ1v) is 6.38. The number of H-pyrrole nitrogens is 1. The highest BCUT2D eigenvalue weighted by molar-refractivity contribution is 5.82. The van der Waals surface area contributed by atoms with E-state index in [9.17, 15) is 13.2 Å². The second-order valence-electron chi connectivity index (χ2n) is 4.78. The van der Waals surface area contributed by atoms with Gasteiger partial charge in [0.05, 0.1) is 11.7 Å². The van der Waals surface area contributed by atoms with Gasteiger partial charge in [0.15, 0.2) is 11.5 Å². The number of aromatic nitrogens is 6. The van der Waals surface area contributed by atoms with E-state index in [0.29, 0.717) is 0 Å². The van der Waals surface area contributed by atoms with Gasteiger partial charge >= 0.3 is 6.18 Å². The van der Waals surface area contributed by atoms with Gasteiger partial charge in [-0.05, 0) is 13.0 Å². The summed E-state index contributed by atoms with van der Waals surface area (Å²) in [6.07, 6.45) is -1.62. The molecule has 0 saturated carbocycles. The van der Waals surface area contributed by atoms with Crippen LogP contribution in [0.2, 0.25) is 0 Å². The Hall–Kier alpha value is -2.65. The number of nitrogens with zero attached hydrogens (tertiary/aromatic N) is 5. The summed E-state index contributed by atoms with van der Waals surface area (Å²) in [4.78, 5) is 13.4. The zero-order chi connectivity index (χ0) is 15.9. The molecule has 1 atom stereocenters. The maximum atomic E-state index is 12.7. The number of fused-ring (bicyclic) bond motifs is 1. The van der Waals surface area contributed by atoms with Crippen molar-refractivity contribution >= 4 is 17.0 Å². The number of halogens is 3. The number of alkyl halides is 3. The average Bonchev–Trinajstić information content (AvgIpc) is 3.04. The molecular weight excluding hydrogens is 299 g/mol. The Morgan fingerprint density at radius 1 is 1.32 bits per heavy atom. The Balaban J connectivity index is 1.95. The lowest BCUT2D eigenvalue weighted by atomic mass is 10.2. The van der Waals surface area contributed by atoms with Gasteiger partial charge in [0.1, 0.15) is 11.8 Å². The monoisotopic (exact) mass is 311 g/mol. The molecule has 0 aliphatic carbocycles. The van der Waals surface area contributed by atoms with Gasteiger partial charge in [-0.25, -0.2) is 15.0 Å². The number of nitrogens with one attached hydrogen (secondary N) is 2. The largest absolute Gasteiger partial charge is 0.449 e. The van der Waals surface area contributed by atoms with E-state index in [-0.39, 0.29) is 23.0 Å². The molecule has 2 N–H and O–H groups in total. The van der Waals surface area contributed by atoms with E-state index < -0.39 is 12.0 Å². The zero-order valence-electron chi connectivity index (χ0n) is 11.7. The molecule has 1 unspecified atom stereocenters. The molecular formula is C12H12F3N7. The minimum atomic E-state index is -4.56. The van der Waals surface area contributed by atoms with Gasteiger partial charge in [-0.3, -0.25) is 4.68 Å².